The summed E-state index contributed by atoms with van der Waals surface area (Å²) in [5, 5.41) is 0. The van der Waals surface area contributed by atoms with Crippen molar-refractivity contribution in [3.8, 4) is 0 Å². The number of benzene rings is 1. The average Bonchev–Trinajstić information content (AvgIpc) is 2.15. The molecule has 0 heterocycles. The molecule has 0 aromatic heterocycles. The van der Waals surface area contributed by atoms with Gasteiger partial charge in [-0.3, -0.25) is 4.90 Å². The Morgan fingerprint density at radius 1 is 1.35 bits per heavy atom. The quantitative estimate of drug-likeness (QED) is 0.884. The number of likely N-dealkylation sites (N-methyl/N-ethyl adjacent to an activating group) is 1. The number of halogens is 3. The summed E-state index contributed by atoms with van der Waals surface area (Å²) in [6, 6.07) is 6.99. The Labute approximate surface area is 99.2 Å². The monoisotopic (exact) mass is 246 g/mol. The Morgan fingerprint density at radius 3 is 2.47 bits per heavy atom. The molecule has 96 valence electrons. The first-order valence-electron chi connectivity index (χ1n) is 5.37. The lowest BCUT2D eigenvalue weighted by Gasteiger charge is -2.28. The molecular formula is C12H17F3N2. The highest BCUT2D eigenvalue weighted by atomic mass is 19.4. The molecule has 0 aliphatic heterocycles. The molecule has 0 spiro atoms. The summed E-state index contributed by atoms with van der Waals surface area (Å²) < 4.78 is 36.9. The van der Waals surface area contributed by atoms with E-state index >= 15 is 0 Å². The van der Waals surface area contributed by atoms with Gasteiger partial charge in [0.15, 0.2) is 0 Å². The minimum absolute atomic E-state index is 0.163. The van der Waals surface area contributed by atoms with Crippen molar-refractivity contribution in [3.05, 3.63) is 35.4 Å². The van der Waals surface area contributed by atoms with E-state index in [1.54, 1.807) is 6.07 Å². The third-order valence-electron chi connectivity index (χ3n) is 2.61. The van der Waals surface area contributed by atoms with Crippen LogP contribution < -0.4 is 5.73 Å². The summed E-state index contributed by atoms with van der Waals surface area (Å²) in [6.07, 6.45) is -4.20. The zero-order chi connectivity index (χ0) is 13.1. The molecule has 0 saturated carbocycles. The summed E-state index contributed by atoms with van der Waals surface area (Å²) in [5.74, 6) is 0. The molecule has 1 atom stereocenters. The van der Waals surface area contributed by atoms with Gasteiger partial charge in [0, 0.05) is 12.6 Å². The van der Waals surface area contributed by atoms with Gasteiger partial charge >= 0.3 is 6.18 Å². The van der Waals surface area contributed by atoms with Crippen molar-refractivity contribution >= 4 is 0 Å². The molecule has 1 rings (SSSR count). The van der Waals surface area contributed by atoms with Crippen LogP contribution in [0.5, 0.6) is 0 Å². The van der Waals surface area contributed by atoms with Gasteiger partial charge in [-0.25, -0.2) is 0 Å². The van der Waals surface area contributed by atoms with Gasteiger partial charge in [-0.1, -0.05) is 29.8 Å². The Hall–Kier alpha value is -1.07. The number of alkyl halides is 3. The molecule has 2 N–H and O–H groups in total. The second kappa shape index (κ2) is 5.51. The van der Waals surface area contributed by atoms with Crippen LogP contribution >= 0.6 is 0 Å². The fourth-order valence-corrected chi connectivity index (χ4v) is 1.84. The van der Waals surface area contributed by atoms with Gasteiger partial charge in [0.2, 0.25) is 0 Å². The Morgan fingerprint density at radius 2 is 2.00 bits per heavy atom. The van der Waals surface area contributed by atoms with Crippen LogP contribution in [0.15, 0.2) is 24.3 Å². The van der Waals surface area contributed by atoms with Gasteiger partial charge in [0.1, 0.15) is 0 Å². The normalized spacial score (nSPS) is 14.1. The van der Waals surface area contributed by atoms with Gasteiger partial charge in [-0.2, -0.15) is 13.2 Å². The second-order valence-electron chi connectivity index (χ2n) is 4.20. The van der Waals surface area contributed by atoms with Gasteiger partial charge in [0.25, 0.3) is 0 Å². The molecule has 0 amide bonds. The highest BCUT2D eigenvalue weighted by molar-refractivity contribution is 5.25. The van der Waals surface area contributed by atoms with E-state index in [1.165, 1.54) is 11.9 Å². The van der Waals surface area contributed by atoms with Crippen LogP contribution in [0.3, 0.4) is 0 Å². The summed E-state index contributed by atoms with van der Waals surface area (Å²) in [6.45, 7) is 1.11. The van der Waals surface area contributed by atoms with E-state index in [4.69, 9.17) is 5.73 Å². The number of hydrogen-bond acceptors (Lipinski definition) is 2. The summed E-state index contributed by atoms with van der Waals surface area (Å²) in [4.78, 5) is 1.23. The molecule has 17 heavy (non-hydrogen) atoms. The predicted octanol–water partition coefficient (Wildman–Crippen LogP) is 2.49. The largest absolute Gasteiger partial charge is 0.401 e. The van der Waals surface area contributed by atoms with E-state index in [9.17, 15) is 13.2 Å². The molecule has 0 radical (unpaired) electrons. The highest BCUT2D eigenvalue weighted by Crippen LogP contribution is 2.24. The van der Waals surface area contributed by atoms with Gasteiger partial charge in [-0.15, -0.1) is 0 Å². The van der Waals surface area contributed by atoms with Gasteiger partial charge < -0.3 is 5.73 Å². The van der Waals surface area contributed by atoms with Crippen LogP contribution in [0.1, 0.15) is 17.2 Å². The van der Waals surface area contributed by atoms with Gasteiger partial charge in [0.05, 0.1) is 6.54 Å². The lowest BCUT2D eigenvalue weighted by molar-refractivity contribution is -0.147. The molecule has 0 bridgehead atoms. The number of hydrogen-bond donors (Lipinski definition) is 1. The highest BCUT2D eigenvalue weighted by Gasteiger charge is 2.32. The molecule has 1 aromatic carbocycles. The maximum absolute atomic E-state index is 12.3. The maximum Gasteiger partial charge on any atom is 0.401 e. The lowest BCUT2D eigenvalue weighted by atomic mass is 10.0. The van der Waals surface area contributed by atoms with E-state index in [0.29, 0.717) is 0 Å². The van der Waals surface area contributed by atoms with E-state index < -0.39 is 18.8 Å². The summed E-state index contributed by atoms with van der Waals surface area (Å²) >= 11 is 0. The number of nitrogens with two attached hydrogens (primary N) is 1. The molecule has 0 aliphatic rings. The first kappa shape index (κ1) is 14.0. The van der Waals surface area contributed by atoms with Crippen molar-refractivity contribution in [2.75, 3.05) is 20.1 Å². The van der Waals surface area contributed by atoms with Crippen LogP contribution in [0.4, 0.5) is 13.2 Å². The third-order valence-corrected chi connectivity index (χ3v) is 2.61. The topological polar surface area (TPSA) is 29.3 Å². The van der Waals surface area contributed by atoms with Crippen molar-refractivity contribution in [1.82, 2.24) is 4.90 Å². The molecule has 2 nitrogen and oxygen atoms in total. The number of nitrogens with zero attached hydrogens (tertiary/aromatic N) is 1. The molecule has 1 aromatic rings. The SMILES string of the molecule is Cc1cccc(C(CN)N(C)CC(F)(F)F)c1. The van der Waals surface area contributed by atoms with E-state index in [2.05, 4.69) is 0 Å². The van der Waals surface area contributed by atoms with Gasteiger partial charge in [-0.05, 0) is 19.5 Å². The zero-order valence-electron chi connectivity index (χ0n) is 9.96. The summed E-state index contributed by atoms with van der Waals surface area (Å²) in [7, 11) is 1.44. The van der Waals surface area contributed by atoms with Crippen molar-refractivity contribution in [2.45, 2.75) is 19.1 Å². The minimum Gasteiger partial charge on any atom is -0.329 e. The summed E-state index contributed by atoms with van der Waals surface area (Å²) in [5.41, 5.74) is 7.40. The first-order valence-corrected chi connectivity index (χ1v) is 5.37. The van der Waals surface area contributed by atoms with E-state index in [0.717, 1.165) is 11.1 Å². The fraction of sp³-hybridized carbons (Fsp3) is 0.500. The first-order chi connectivity index (χ1) is 7.83. The van der Waals surface area contributed by atoms with Crippen LogP contribution in [-0.2, 0) is 0 Å². The molecule has 0 saturated heterocycles. The van der Waals surface area contributed by atoms with Crippen LogP contribution in [0, 0.1) is 6.92 Å². The molecular weight excluding hydrogens is 229 g/mol. The minimum atomic E-state index is -4.20. The fourth-order valence-electron chi connectivity index (χ4n) is 1.84. The standard InChI is InChI=1S/C12H17F3N2/c1-9-4-3-5-10(6-9)11(7-16)17(2)8-12(13,14)15/h3-6,11H,7-8,16H2,1-2H3. The van der Waals surface area contributed by atoms with Crippen molar-refractivity contribution < 1.29 is 13.2 Å². The zero-order valence-corrected chi connectivity index (χ0v) is 9.96. The Bertz CT molecular complexity index is 363. The predicted molar refractivity (Wildman–Crippen MR) is 61.7 cm³/mol. The Balaban J connectivity index is 2.84. The third kappa shape index (κ3) is 4.36. The van der Waals surface area contributed by atoms with Crippen LogP contribution in [0.2, 0.25) is 0 Å². The smallest absolute Gasteiger partial charge is 0.329 e. The number of aryl methyl sites for hydroxylation is 1. The van der Waals surface area contributed by atoms with Crippen molar-refractivity contribution in [1.29, 1.82) is 0 Å². The molecule has 1 unspecified atom stereocenters. The second-order valence-corrected chi connectivity index (χ2v) is 4.20. The van der Waals surface area contributed by atoms with E-state index in [1.807, 2.05) is 25.1 Å². The van der Waals surface area contributed by atoms with Crippen LogP contribution in [0.25, 0.3) is 0 Å². The number of rotatable bonds is 4. The van der Waals surface area contributed by atoms with Crippen LogP contribution in [-0.4, -0.2) is 31.2 Å². The Kier molecular flexibility index (Phi) is 4.54. The maximum atomic E-state index is 12.3. The molecule has 5 heteroatoms. The average molecular weight is 246 g/mol. The molecule has 0 fully saturated rings. The van der Waals surface area contributed by atoms with Crippen molar-refractivity contribution in [2.24, 2.45) is 5.73 Å². The molecule has 0 aliphatic carbocycles. The van der Waals surface area contributed by atoms with Crippen molar-refractivity contribution in [3.63, 3.8) is 0 Å². The lowest BCUT2D eigenvalue weighted by Crippen LogP contribution is -2.37. The van der Waals surface area contributed by atoms with E-state index in [-0.39, 0.29) is 6.54 Å².